The van der Waals surface area contributed by atoms with Crippen molar-refractivity contribution in [2.45, 2.75) is 57.5 Å². The highest BCUT2D eigenvalue weighted by Crippen LogP contribution is 2.27. The first-order valence-corrected chi connectivity index (χ1v) is 16.1. The Balaban J connectivity index is 2.02. The average molecular weight is 645 g/mol. The lowest BCUT2D eigenvalue weighted by atomic mass is 10.1. The van der Waals surface area contributed by atoms with Crippen molar-refractivity contribution < 1.29 is 22.7 Å². The predicted molar refractivity (Wildman–Crippen MR) is 165 cm³/mol. The van der Waals surface area contributed by atoms with E-state index in [0.717, 1.165) is 27.2 Å². The van der Waals surface area contributed by atoms with E-state index in [2.05, 4.69) is 21.2 Å². The maximum absolute atomic E-state index is 14.1. The molecule has 41 heavy (non-hydrogen) atoms. The smallest absolute Gasteiger partial charge is 0.264 e. The Morgan fingerprint density at radius 2 is 1.59 bits per heavy atom. The number of sulfonamides is 1. The lowest BCUT2D eigenvalue weighted by Gasteiger charge is -2.33. The molecule has 0 unspecified atom stereocenters. The topological polar surface area (TPSA) is 96.0 Å². The van der Waals surface area contributed by atoms with Crippen molar-refractivity contribution in [1.82, 2.24) is 10.2 Å². The van der Waals surface area contributed by atoms with Gasteiger partial charge in [0.05, 0.1) is 17.2 Å². The molecule has 0 aliphatic heterocycles. The minimum Gasteiger partial charge on any atom is -0.494 e. The molecule has 220 valence electrons. The van der Waals surface area contributed by atoms with Gasteiger partial charge >= 0.3 is 0 Å². The molecule has 2 amide bonds. The van der Waals surface area contributed by atoms with Gasteiger partial charge in [-0.05, 0) is 73.9 Å². The van der Waals surface area contributed by atoms with Crippen molar-refractivity contribution in [3.63, 3.8) is 0 Å². The molecular formula is C31H38BrN3O5S. The quantitative estimate of drug-likeness (QED) is 0.212. The third-order valence-electron chi connectivity index (χ3n) is 6.53. The third kappa shape index (κ3) is 8.81. The number of hydrogen-bond donors (Lipinski definition) is 1. The highest BCUT2D eigenvalue weighted by atomic mass is 79.9. The highest BCUT2D eigenvalue weighted by Gasteiger charge is 2.33. The summed E-state index contributed by atoms with van der Waals surface area (Å²) in [6.45, 7) is 6.39. The van der Waals surface area contributed by atoms with Crippen molar-refractivity contribution >= 4 is 43.5 Å². The van der Waals surface area contributed by atoms with Gasteiger partial charge in [-0.25, -0.2) is 8.42 Å². The number of benzene rings is 3. The number of halogens is 1. The molecule has 3 rings (SSSR count). The summed E-state index contributed by atoms with van der Waals surface area (Å²) in [6.07, 6.45) is 2.12. The molecule has 0 fully saturated rings. The zero-order valence-electron chi connectivity index (χ0n) is 23.8. The van der Waals surface area contributed by atoms with Gasteiger partial charge in [-0.2, -0.15) is 0 Å². The molecule has 0 saturated heterocycles. The maximum atomic E-state index is 14.1. The van der Waals surface area contributed by atoms with Crippen LogP contribution in [0.15, 0.2) is 88.2 Å². The van der Waals surface area contributed by atoms with Gasteiger partial charge in [-0.1, -0.05) is 66.5 Å². The normalized spacial score (nSPS) is 11.9. The number of rotatable bonds is 15. The van der Waals surface area contributed by atoms with Crippen LogP contribution in [0.2, 0.25) is 0 Å². The van der Waals surface area contributed by atoms with Crippen molar-refractivity contribution in [3.05, 3.63) is 88.9 Å². The van der Waals surface area contributed by atoms with Crippen LogP contribution < -0.4 is 14.4 Å². The zero-order valence-corrected chi connectivity index (χ0v) is 26.2. The van der Waals surface area contributed by atoms with E-state index >= 15 is 0 Å². The lowest BCUT2D eigenvalue weighted by Crippen LogP contribution is -2.52. The van der Waals surface area contributed by atoms with E-state index in [0.29, 0.717) is 31.0 Å². The number of nitrogens with zero attached hydrogens (tertiary/aromatic N) is 2. The number of ether oxygens (including phenoxy) is 1. The molecule has 3 aromatic carbocycles. The Morgan fingerprint density at radius 3 is 2.17 bits per heavy atom. The molecule has 8 nitrogen and oxygen atoms in total. The van der Waals surface area contributed by atoms with Crippen molar-refractivity contribution in [2.24, 2.45) is 0 Å². The SMILES string of the molecule is CCCCNC(=O)[C@@H](CC)N(Cc1ccccc1)C(=O)CN(c1ccc(OCC)cc1)S(=O)(=O)c1ccc(Br)cc1. The second-order valence-corrected chi connectivity index (χ2v) is 12.2. The second kappa shape index (κ2) is 15.6. The van der Waals surface area contributed by atoms with E-state index in [4.69, 9.17) is 4.74 Å². The van der Waals surface area contributed by atoms with Gasteiger partial charge in [0.15, 0.2) is 0 Å². The first kappa shape index (κ1) is 32.1. The molecule has 10 heteroatoms. The number of anilines is 1. The number of nitrogens with one attached hydrogen (secondary N) is 1. The van der Waals surface area contributed by atoms with Crippen molar-refractivity contribution in [1.29, 1.82) is 0 Å². The summed E-state index contributed by atoms with van der Waals surface area (Å²) in [6, 6.07) is 21.4. The molecule has 1 atom stereocenters. The van der Waals surface area contributed by atoms with E-state index in [9.17, 15) is 18.0 Å². The van der Waals surface area contributed by atoms with Crippen LogP contribution in [0.5, 0.6) is 5.75 Å². The predicted octanol–water partition coefficient (Wildman–Crippen LogP) is 5.77. The van der Waals surface area contributed by atoms with Crippen LogP contribution in [0.4, 0.5) is 5.69 Å². The molecule has 0 saturated carbocycles. The molecule has 0 aromatic heterocycles. The fraction of sp³-hybridized carbons (Fsp3) is 0.355. The van der Waals surface area contributed by atoms with Crippen LogP contribution in [-0.4, -0.2) is 50.9 Å². The molecule has 0 heterocycles. The Morgan fingerprint density at radius 1 is 0.927 bits per heavy atom. The molecular weight excluding hydrogens is 606 g/mol. The Kier molecular flexibility index (Phi) is 12.2. The molecule has 3 aromatic rings. The molecule has 0 spiro atoms. The van der Waals surface area contributed by atoms with Crippen LogP contribution in [0, 0.1) is 0 Å². The zero-order chi connectivity index (χ0) is 29.8. The van der Waals surface area contributed by atoms with Crippen LogP contribution in [0.25, 0.3) is 0 Å². The summed E-state index contributed by atoms with van der Waals surface area (Å²) in [7, 11) is -4.14. The molecule has 1 N–H and O–H groups in total. The standard InChI is InChI=1S/C31H38BrN3O5S/c1-4-7-21-33-31(37)29(5-2)34(22-24-11-9-8-10-12-24)30(36)23-35(26-15-17-27(18-16-26)40-6-3)41(38,39)28-19-13-25(32)14-20-28/h8-20,29H,4-7,21-23H2,1-3H3,(H,33,37)/t29-/m1/s1. The number of hydrogen-bond acceptors (Lipinski definition) is 5. The first-order valence-electron chi connectivity index (χ1n) is 13.8. The number of unbranched alkanes of at least 4 members (excludes halogenated alkanes) is 1. The molecule has 0 aliphatic carbocycles. The minimum absolute atomic E-state index is 0.0429. The Bertz CT molecular complexity index is 1370. The first-order chi connectivity index (χ1) is 19.7. The summed E-state index contributed by atoms with van der Waals surface area (Å²) in [5, 5.41) is 2.94. The summed E-state index contributed by atoms with van der Waals surface area (Å²) >= 11 is 3.35. The van der Waals surface area contributed by atoms with Crippen molar-refractivity contribution in [3.8, 4) is 5.75 Å². The average Bonchev–Trinajstić information content (AvgIpc) is 2.97. The largest absolute Gasteiger partial charge is 0.494 e. The van der Waals surface area contributed by atoms with Crippen molar-refractivity contribution in [2.75, 3.05) is 24.0 Å². The minimum atomic E-state index is -4.14. The Labute approximate surface area is 251 Å². The van der Waals surface area contributed by atoms with Gasteiger partial charge in [0, 0.05) is 17.6 Å². The molecule has 0 aliphatic rings. The third-order valence-corrected chi connectivity index (χ3v) is 8.84. The van der Waals surface area contributed by atoms with E-state index in [1.54, 1.807) is 36.4 Å². The molecule has 0 radical (unpaired) electrons. The monoisotopic (exact) mass is 643 g/mol. The van der Waals surface area contributed by atoms with Gasteiger partial charge in [-0.3, -0.25) is 13.9 Å². The summed E-state index contributed by atoms with van der Waals surface area (Å²) < 4.78 is 35.2. The fourth-order valence-electron chi connectivity index (χ4n) is 4.34. The van der Waals surface area contributed by atoms with Gasteiger partial charge in [0.25, 0.3) is 10.0 Å². The summed E-state index contributed by atoms with van der Waals surface area (Å²) in [4.78, 5) is 28.8. The van der Waals surface area contributed by atoms with Gasteiger partial charge in [-0.15, -0.1) is 0 Å². The molecule has 0 bridgehead atoms. The van der Waals surface area contributed by atoms with Crippen LogP contribution in [0.3, 0.4) is 0 Å². The number of carbonyl (C=O) groups is 2. The summed E-state index contributed by atoms with van der Waals surface area (Å²) in [5.41, 5.74) is 1.15. The van der Waals surface area contributed by atoms with Gasteiger partial charge in [0.1, 0.15) is 18.3 Å². The maximum Gasteiger partial charge on any atom is 0.264 e. The Hall–Kier alpha value is -3.37. The van der Waals surface area contributed by atoms with E-state index in [-0.39, 0.29) is 17.3 Å². The second-order valence-electron chi connectivity index (χ2n) is 9.47. The van der Waals surface area contributed by atoms with E-state index in [1.807, 2.05) is 51.1 Å². The summed E-state index contributed by atoms with van der Waals surface area (Å²) in [5.74, 6) is -0.154. The van der Waals surface area contributed by atoms with E-state index in [1.165, 1.54) is 17.0 Å². The van der Waals surface area contributed by atoms with Gasteiger partial charge < -0.3 is 15.0 Å². The fourth-order valence-corrected chi connectivity index (χ4v) is 6.02. The number of amides is 2. The van der Waals surface area contributed by atoms with Crippen LogP contribution >= 0.6 is 15.9 Å². The van der Waals surface area contributed by atoms with Crippen LogP contribution in [-0.2, 0) is 26.2 Å². The number of carbonyl (C=O) groups excluding carboxylic acids is 2. The van der Waals surface area contributed by atoms with Crippen LogP contribution in [0.1, 0.15) is 45.6 Å². The lowest BCUT2D eigenvalue weighted by molar-refractivity contribution is -0.140. The highest BCUT2D eigenvalue weighted by molar-refractivity contribution is 9.10. The van der Waals surface area contributed by atoms with E-state index < -0.39 is 28.5 Å². The van der Waals surface area contributed by atoms with Gasteiger partial charge in [0.2, 0.25) is 11.8 Å².